The Labute approximate surface area is 251 Å². The van der Waals surface area contributed by atoms with E-state index in [1.54, 1.807) is 31.6 Å². The van der Waals surface area contributed by atoms with Crippen LogP contribution < -0.4 is 29.3 Å². The predicted octanol–water partition coefficient (Wildman–Crippen LogP) is 4.96. The fourth-order valence-corrected chi connectivity index (χ4v) is 6.94. The number of nitrogens with zero attached hydrogens (tertiary/aromatic N) is 3. The number of carbonyl (C=O) groups excluding carboxylic acids is 1. The number of fused-ring (bicyclic) bond motifs is 1. The number of hydrogen-bond donors (Lipinski definition) is 0. The summed E-state index contributed by atoms with van der Waals surface area (Å²) in [5.41, 5.74) is 3.39. The van der Waals surface area contributed by atoms with E-state index in [0.29, 0.717) is 48.7 Å². The van der Waals surface area contributed by atoms with Gasteiger partial charge in [0.1, 0.15) is 0 Å². The fraction of sp³-hybridized carbons (Fsp3) is 0.387. The van der Waals surface area contributed by atoms with E-state index < -0.39 is 12.0 Å². The minimum Gasteiger partial charge on any atom is -0.493 e. The van der Waals surface area contributed by atoms with Crippen LogP contribution in [0.5, 0.6) is 11.5 Å². The Morgan fingerprint density at radius 2 is 1.83 bits per heavy atom. The second-order valence-electron chi connectivity index (χ2n) is 9.90. The normalized spacial score (nSPS) is 17.2. The molecule has 1 fully saturated rings. The Bertz CT molecular complexity index is 1650. The lowest BCUT2D eigenvalue weighted by Crippen LogP contribution is -2.40. The SMILES string of the molecule is CCOC(=O)C1=C(C)N=c2s/c(=C/c3ccc(N4CCCCC4)cc3)c(=O)n2[C@@H]1c1cc(OCC)c(OC)cc1Br. The first-order chi connectivity index (χ1) is 19.9. The summed E-state index contributed by atoms with van der Waals surface area (Å²) in [5.74, 6) is 0.547. The van der Waals surface area contributed by atoms with Crippen molar-refractivity contribution in [3.8, 4) is 11.5 Å². The van der Waals surface area contributed by atoms with E-state index >= 15 is 0 Å². The molecular formula is C31H34BrN3O5S. The third-order valence-electron chi connectivity index (χ3n) is 7.31. The Morgan fingerprint density at radius 3 is 2.49 bits per heavy atom. The van der Waals surface area contributed by atoms with E-state index in [-0.39, 0.29) is 12.2 Å². The fourth-order valence-electron chi connectivity index (χ4n) is 5.36. The van der Waals surface area contributed by atoms with Gasteiger partial charge in [-0.1, -0.05) is 39.4 Å². The molecule has 0 unspecified atom stereocenters. The zero-order valence-corrected chi connectivity index (χ0v) is 26.1. The highest BCUT2D eigenvalue weighted by Crippen LogP contribution is 2.41. The monoisotopic (exact) mass is 639 g/mol. The molecule has 0 radical (unpaired) electrons. The number of hydrogen-bond acceptors (Lipinski definition) is 8. The zero-order valence-electron chi connectivity index (χ0n) is 23.7. The van der Waals surface area contributed by atoms with Gasteiger partial charge in [0.05, 0.1) is 42.2 Å². The quantitative estimate of drug-likeness (QED) is 0.324. The number of aromatic nitrogens is 1. The van der Waals surface area contributed by atoms with Crippen LogP contribution in [0.3, 0.4) is 0 Å². The van der Waals surface area contributed by atoms with Crippen LogP contribution in [0.4, 0.5) is 5.69 Å². The van der Waals surface area contributed by atoms with Crippen molar-refractivity contribution in [2.45, 2.75) is 46.1 Å². The van der Waals surface area contributed by atoms with Crippen molar-refractivity contribution < 1.29 is 19.0 Å². The van der Waals surface area contributed by atoms with Crippen LogP contribution in [0, 0.1) is 0 Å². The number of thiazole rings is 1. The summed E-state index contributed by atoms with van der Waals surface area (Å²) in [6.07, 6.45) is 5.61. The summed E-state index contributed by atoms with van der Waals surface area (Å²) in [6.45, 7) is 8.20. The van der Waals surface area contributed by atoms with Crippen LogP contribution in [0.1, 0.15) is 57.2 Å². The highest BCUT2D eigenvalue weighted by Gasteiger charge is 2.35. The second kappa shape index (κ2) is 12.7. The van der Waals surface area contributed by atoms with Crippen molar-refractivity contribution in [3.05, 3.63) is 83.0 Å². The first kappa shape index (κ1) is 29.1. The number of allylic oxidation sites excluding steroid dienone is 1. The number of ether oxygens (including phenoxy) is 3. The molecule has 3 aromatic rings. The first-order valence-corrected chi connectivity index (χ1v) is 15.5. The van der Waals surface area contributed by atoms with Crippen LogP contribution in [0.25, 0.3) is 6.08 Å². The molecule has 41 heavy (non-hydrogen) atoms. The average molecular weight is 641 g/mol. The van der Waals surface area contributed by atoms with Crippen molar-refractivity contribution in [1.29, 1.82) is 0 Å². The lowest BCUT2D eigenvalue weighted by molar-refractivity contribution is -0.139. The number of rotatable bonds is 8. The third-order valence-corrected chi connectivity index (χ3v) is 8.98. The third kappa shape index (κ3) is 5.85. The van der Waals surface area contributed by atoms with Gasteiger partial charge in [-0.2, -0.15) is 0 Å². The van der Waals surface area contributed by atoms with Gasteiger partial charge in [0.2, 0.25) is 0 Å². The molecule has 1 saturated heterocycles. The molecule has 216 valence electrons. The highest BCUT2D eigenvalue weighted by atomic mass is 79.9. The molecule has 0 amide bonds. The van der Waals surface area contributed by atoms with Crippen molar-refractivity contribution in [1.82, 2.24) is 4.57 Å². The van der Waals surface area contributed by atoms with Crippen LogP contribution in [-0.4, -0.2) is 43.9 Å². The zero-order chi connectivity index (χ0) is 29.1. The molecular weight excluding hydrogens is 606 g/mol. The standard InChI is InChI=1S/C31H34BrN3O5S/c1-5-39-25-17-22(23(32)18-24(25)38-4)28-27(30(37)40-6-2)19(3)33-31-35(28)29(36)26(41-31)16-20-10-12-21(13-11-20)34-14-8-7-9-15-34/h10-13,16-18,28H,5-9,14-15H2,1-4H3/b26-16+/t28-/m1/s1. The highest BCUT2D eigenvalue weighted by molar-refractivity contribution is 9.10. The smallest absolute Gasteiger partial charge is 0.338 e. The maximum atomic E-state index is 14.0. The molecule has 8 nitrogen and oxygen atoms in total. The van der Waals surface area contributed by atoms with Gasteiger partial charge in [0, 0.05) is 23.2 Å². The van der Waals surface area contributed by atoms with Crippen LogP contribution in [-0.2, 0) is 9.53 Å². The lowest BCUT2D eigenvalue weighted by atomic mass is 9.95. The van der Waals surface area contributed by atoms with E-state index in [1.807, 2.05) is 31.2 Å². The molecule has 2 aromatic carbocycles. The number of halogens is 1. The van der Waals surface area contributed by atoms with Gasteiger partial charge in [-0.15, -0.1) is 0 Å². The van der Waals surface area contributed by atoms with Gasteiger partial charge in [-0.3, -0.25) is 9.36 Å². The predicted molar refractivity (Wildman–Crippen MR) is 165 cm³/mol. The molecule has 0 aliphatic carbocycles. The summed E-state index contributed by atoms with van der Waals surface area (Å²) < 4.78 is 19.6. The Hall–Kier alpha value is -3.37. The molecule has 0 saturated carbocycles. The van der Waals surface area contributed by atoms with Crippen molar-refractivity contribution in [2.24, 2.45) is 4.99 Å². The number of carbonyl (C=O) groups is 1. The molecule has 2 aliphatic heterocycles. The Morgan fingerprint density at radius 1 is 1.10 bits per heavy atom. The minimum absolute atomic E-state index is 0.203. The van der Waals surface area contributed by atoms with E-state index in [2.05, 4.69) is 38.0 Å². The van der Waals surface area contributed by atoms with E-state index in [1.165, 1.54) is 36.3 Å². The molecule has 0 bridgehead atoms. The Kier molecular flexibility index (Phi) is 8.99. The van der Waals surface area contributed by atoms with Crippen molar-refractivity contribution >= 4 is 45.0 Å². The van der Waals surface area contributed by atoms with Gasteiger partial charge >= 0.3 is 5.97 Å². The van der Waals surface area contributed by atoms with Crippen LogP contribution >= 0.6 is 27.3 Å². The average Bonchev–Trinajstić information content (AvgIpc) is 3.28. The summed E-state index contributed by atoms with van der Waals surface area (Å²) in [5, 5.41) is 0. The van der Waals surface area contributed by atoms with E-state index in [4.69, 9.17) is 14.2 Å². The molecule has 0 N–H and O–H groups in total. The Balaban J connectivity index is 1.64. The molecule has 1 aromatic heterocycles. The van der Waals surface area contributed by atoms with Gasteiger partial charge in [-0.25, -0.2) is 9.79 Å². The minimum atomic E-state index is -0.770. The van der Waals surface area contributed by atoms with Gasteiger partial charge in [0.25, 0.3) is 5.56 Å². The largest absolute Gasteiger partial charge is 0.493 e. The molecule has 0 spiro atoms. The summed E-state index contributed by atoms with van der Waals surface area (Å²) in [7, 11) is 1.57. The van der Waals surface area contributed by atoms with Crippen molar-refractivity contribution in [2.75, 3.05) is 38.3 Å². The molecule has 10 heteroatoms. The van der Waals surface area contributed by atoms with Gasteiger partial charge < -0.3 is 19.1 Å². The molecule has 1 atom stereocenters. The van der Waals surface area contributed by atoms with Crippen LogP contribution in [0.2, 0.25) is 0 Å². The summed E-state index contributed by atoms with van der Waals surface area (Å²) >= 11 is 4.96. The maximum absolute atomic E-state index is 14.0. The molecule has 3 heterocycles. The molecule has 2 aliphatic rings. The maximum Gasteiger partial charge on any atom is 0.338 e. The van der Waals surface area contributed by atoms with E-state index in [0.717, 1.165) is 18.7 Å². The summed E-state index contributed by atoms with van der Waals surface area (Å²) in [6, 6.07) is 11.2. The number of anilines is 1. The van der Waals surface area contributed by atoms with Crippen LogP contribution in [0.15, 0.2) is 61.9 Å². The molecule has 5 rings (SSSR count). The topological polar surface area (TPSA) is 82.4 Å². The number of benzene rings is 2. The second-order valence-corrected chi connectivity index (χ2v) is 11.8. The lowest BCUT2D eigenvalue weighted by Gasteiger charge is -2.28. The van der Waals surface area contributed by atoms with Crippen molar-refractivity contribution in [3.63, 3.8) is 0 Å². The summed E-state index contributed by atoms with van der Waals surface area (Å²) in [4.78, 5) is 34.9. The van der Waals surface area contributed by atoms with Gasteiger partial charge in [-0.05, 0) is 81.5 Å². The van der Waals surface area contributed by atoms with Gasteiger partial charge in [0.15, 0.2) is 16.3 Å². The first-order valence-electron chi connectivity index (χ1n) is 13.9. The number of piperidine rings is 1. The number of methoxy groups -OCH3 is 1. The van der Waals surface area contributed by atoms with E-state index in [9.17, 15) is 9.59 Å². The number of esters is 1.